The molecular weight excluding hydrogens is 300 g/mol. The van der Waals surface area contributed by atoms with Gasteiger partial charge in [0.05, 0.1) is 12.0 Å². The smallest absolute Gasteiger partial charge is 0.311 e. The minimum atomic E-state index is -0.848. The lowest BCUT2D eigenvalue weighted by atomic mass is 9.70. The van der Waals surface area contributed by atoms with E-state index in [0.717, 1.165) is 25.7 Å². The summed E-state index contributed by atoms with van der Waals surface area (Å²) in [5, 5.41) is 0. The van der Waals surface area contributed by atoms with E-state index in [0.29, 0.717) is 0 Å². The normalized spacial score (nSPS) is 19.2. The first-order valence-corrected chi connectivity index (χ1v) is 9.77. The second-order valence-electron chi connectivity index (χ2n) is 9.84. The minimum Gasteiger partial charge on any atom is -0.433 e. The van der Waals surface area contributed by atoms with Crippen LogP contribution in [0.15, 0.2) is 0 Å². The molecule has 0 aromatic rings. The van der Waals surface area contributed by atoms with Crippen molar-refractivity contribution in [3.05, 3.63) is 0 Å². The van der Waals surface area contributed by atoms with Crippen LogP contribution in [0.1, 0.15) is 100 Å². The van der Waals surface area contributed by atoms with Crippen molar-refractivity contribution < 1.29 is 14.3 Å². The van der Waals surface area contributed by atoms with Gasteiger partial charge in [-0.2, -0.15) is 0 Å². The van der Waals surface area contributed by atoms with Crippen LogP contribution >= 0.6 is 0 Å². The molecule has 1 fully saturated rings. The Bertz CT molecular complexity index is 398. The van der Waals surface area contributed by atoms with Gasteiger partial charge in [0.25, 0.3) is 0 Å². The van der Waals surface area contributed by atoms with Crippen LogP contribution in [0.4, 0.5) is 0 Å². The molecule has 1 rings (SSSR count). The lowest BCUT2D eigenvalue weighted by molar-refractivity contribution is -0.241. The summed E-state index contributed by atoms with van der Waals surface area (Å²) < 4.78 is 12.0. The molecule has 0 aromatic heterocycles. The van der Waals surface area contributed by atoms with Gasteiger partial charge in [-0.15, -0.1) is 0 Å². The van der Waals surface area contributed by atoms with Crippen molar-refractivity contribution in [3.8, 4) is 0 Å². The molecule has 0 aromatic carbocycles. The Hall–Kier alpha value is -0.570. The minimum absolute atomic E-state index is 0.121. The Morgan fingerprint density at radius 1 is 1.00 bits per heavy atom. The highest BCUT2D eigenvalue weighted by Gasteiger charge is 2.39. The number of carbonyl (C=O) groups is 1. The van der Waals surface area contributed by atoms with Gasteiger partial charge in [-0.3, -0.25) is 4.79 Å². The Balaban J connectivity index is 2.75. The first kappa shape index (κ1) is 21.5. The second-order valence-corrected chi connectivity index (χ2v) is 9.84. The third-order valence-electron chi connectivity index (χ3n) is 5.39. The quantitative estimate of drug-likeness (QED) is 0.415. The fraction of sp³-hybridized carbons (Fsp3) is 0.952. The number of ether oxygens (including phenoxy) is 2. The standard InChI is InChI=1S/C21H40O3/c1-9-20(5,6)15-17(19(2,3)4)18(22)24-21(7,8)23-16-13-11-10-12-14-16/h16-17H,9-15H2,1-8H3. The maximum Gasteiger partial charge on any atom is 0.311 e. The molecule has 0 saturated heterocycles. The highest BCUT2D eigenvalue weighted by Crippen LogP contribution is 2.39. The van der Waals surface area contributed by atoms with Crippen LogP contribution in [0.25, 0.3) is 0 Å². The van der Waals surface area contributed by atoms with Gasteiger partial charge in [0.15, 0.2) is 0 Å². The van der Waals surface area contributed by atoms with Gasteiger partial charge in [0, 0.05) is 13.8 Å². The fourth-order valence-electron chi connectivity index (χ4n) is 3.36. The summed E-state index contributed by atoms with van der Waals surface area (Å²) in [6.45, 7) is 16.8. The molecule has 1 saturated carbocycles. The summed E-state index contributed by atoms with van der Waals surface area (Å²) in [7, 11) is 0. The number of esters is 1. The van der Waals surface area contributed by atoms with Crippen LogP contribution in [0.5, 0.6) is 0 Å². The molecule has 0 bridgehead atoms. The summed E-state index contributed by atoms with van der Waals surface area (Å²) >= 11 is 0. The summed E-state index contributed by atoms with van der Waals surface area (Å²) in [5.41, 5.74) is 0.00970. The zero-order chi connectivity index (χ0) is 18.6. The van der Waals surface area contributed by atoms with Crippen LogP contribution in [-0.2, 0) is 14.3 Å². The summed E-state index contributed by atoms with van der Waals surface area (Å²) in [6, 6.07) is 0. The Kier molecular flexibility index (Phi) is 7.34. The molecule has 1 atom stereocenters. The molecule has 0 N–H and O–H groups in total. The number of carbonyl (C=O) groups excluding carboxylic acids is 1. The largest absolute Gasteiger partial charge is 0.433 e. The molecule has 1 aliphatic carbocycles. The predicted molar refractivity (Wildman–Crippen MR) is 99.8 cm³/mol. The molecule has 1 unspecified atom stereocenters. The topological polar surface area (TPSA) is 35.5 Å². The lowest BCUT2D eigenvalue weighted by Crippen LogP contribution is -2.42. The van der Waals surface area contributed by atoms with E-state index in [9.17, 15) is 4.79 Å². The first-order valence-electron chi connectivity index (χ1n) is 9.77. The molecule has 1 aliphatic rings. The average Bonchev–Trinajstić information content (AvgIpc) is 2.43. The Labute approximate surface area is 149 Å². The zero-order valence-electron chi connectivity index (χ0n) is 17.3. The molecule has 3 heteroatoms. The van der Waals surface area contributed by atoms with Crippen molar-refractivity contribution in [2.24, 2.45) is 16.7 Å². The molecule has 3 nitrogen and oxygen atoms in total. The van der Waals surface area contributed by atoms with E-state index in [2.05, 4.69) is 41.5 Å². The van der Waals surface area contributed by atoms with Gasteiger partial charge in [0.2, 0.25) is 5.79 Å². The number of rotatable bonds is 7. The maximum atomic E-state index is 12.9. The third-order valence-corrected chi connectivity index (χ3v) is 5.39. The van der Waals surface area contributed by atoms with E-state index in [1.54, 1.807) is 0 Å². The van der Waals surface area contributed by atoms with Gasteiger partial charge < -0.3 is 9.47 Å². The fourth-order valence-corrected chi connectivity index (χ4v) is 3.36. The monoisotopic (exact) mass is 340 g/mol. The van der Waals surface area contributed by atoms with E-state index in [-0.39, 0.29) is 28.8 Å². The van der Waals surface area contributed by atoms with Crippen molar-refractivity contribution in [1.29, 1.82) is 0 Å². The molecule has 24 heavy (non-hydrogen) atoms. The van der Waals surface area contributed by atoms with Crippen molar-refractivity contribution in [2.45, 2.75) is 112 Å². The van der Waals surface area contributed by atoms with Crippen molar-refractivity contribution in [1.82, 2.24) is 0 Å². The molecule has 0 radical (unpaired) electrons. The lowest BCUT2D eigenvalue weighted by Gasteiger charge is -2.38. The third kappa shape index (κ3) is 7.13. The van der Waals surface area contributed by atoms with Gasteiger partial charge >= 0.3 is 5.97 Å². The summed E-state index contributed by atoms with van der Waals surface area (Å²) in [6.07, 6.45) is 7.98. The SMILES string of the molecule is CCC(C)(C)CC(C(=O)OC(C)(C)OC1CCCCC1)C(C)(C)C. The molecule has 0 amide bonds. The van der Waals surface area contributed by atoms with Gasteiger partial charge in [-0.05, 0) is 30.1 Å². The van der Waals surface area contributed by atoms with Crippen LogP contribution < -0.4 is 0 Å². The van der Waals surface area contributed by atoms with Crippen LogP contribution in [0, 0.1) is 16.7 Å². The molecule has 0 spiro atoms. The van der Waals surface area contributed by atoms with Crippen molar-refractivity contribution >= 4 is 5.97 Å². The van der Waals surface area contributed by atoms with Gasteiger partial charge in [-0.1, -0.05) is 67.2 Å². The molecule has 0 aliphatic heterocycles. The van der Waals surface area contributed by atoms with E-state index in [4.69, 9.17) is 9.47 Å². The van der Waals surface area contributed by atoms with E-state index < -0.39 is 5.79 Å². The molecule has 142 valence electrons. The number of hydrogen-bond acceptors (Lipinski definition) is 3. The number of hydrogen-bond donors (Lipinski definition) is 0. The van der Waals surface area contributed by atoms with E-state index >= 15 is 0 Å². The van der Waals surface area contributed by atoms with Crippen molar-refractivity contribution in [3.63, 3.8) is 0 Å². The van der Waals surface area contributed by atoms with Crippen LogP contribution in [0.2, 0.25) is 0 Å². The maximum absolute atomic E-state index is 12.9. The van der Waals surface area contributed by atoms with Crippen LogP contribution in [0.3, 0.4) is 0 Å². The van der Waals surface area contributed by atoms with E-state index in [1.165, 1.54) is 19.3 Å². The summed E-state index contributed by atoms with van der Waals surface area (Å²) in [4.78, 5) is 12.9. The van der Waals surface area contributed by atoms with E-state index in [1.807, 2.05) is 13.8 Å². The Morgan fingerprint density at radius 2 is 1.54 bits per heavy atom. The van der Waals surface area contributed by atoms with Crippen molar-refractivity contribution in [2.75, 3.05) is 0 Å². The zero-order valence-corrected chi connectivity index (χ0v) is 17.3. The van der Waals surface area contributed by atoms with Gasteiger partial charge in [0.1, 0.15) is 0 Å². The average molecular weight is 341 g/mol. The highest BCUT2D eigenvalue weighted by atomic mass is 16.7. The van der Waals surface area contributed by atoms with Gasteiger partial charge in [-0.25, -0.2) is 0 Å². The second kappa shape index (κ2) is 8.21. The molecule has 0 heterocycles. The van der Waals surface area contributed by atoms with Crippen LogP contribution in [-0.4, -0.2) is 17.9 Å². The Morgan fingerprint density at radius 3 is 2.00 bits per heavy atom. The highest BCUT2D eigenvalue weighted by molar-refractivity contribution is 5.73. The molecular formula is C21H40O3. The summed E-state index contributed by atoms with van der Waals surface area (Å²) in [5.74, 6) is -1.09. The predicted octanol–water partition coefficient (Wildman–Crippen LogP) is 6.10. The first-order chi connectivity index (χ1) is 10.9.